The number of hydrogen-bond donors (Lipinski definition) is 3. The third-order valence-corrected chi connectivity index (χ3v) is 3.78. The fourth-order valence-corrected chi connectivity index (χ4v) is 2.36. The number of phenols is 1. The number of H-pyrrole nitrogens is 1. The van der Waals surface area contributed by atoms with E-state index in [-0.39, 0.29) is 18.0 Å². The van der Waals surface area contributed by atoms with Crippen LogP contribution >= 0.6 is 0 Å². The van der Waals surface area contributed by atoms with Crippen LogP contribution in [0.5, 0.6) is 17.4 Å². The minimum Gasteiger partial charge on any atom is -0.504 e. The maximum Gasteiger partial charge on any atom is 0.331 e. The first kappa shape index (κ1) is 19.0. The summed E-state index contributed by atoms with van der Waals surface area (Å²) in [6, 6.07) is 4.46. The lowest BCUT2D eigenvalue weighted by molar-refractivity contribution is 0.104. The van der Waals surface area contributed by atoms with Gasteiger partial charge < -0.3 is 14.9 Å². The van der Waals surface area contributed by atoms with Crippen LogP contribution in [0, 0.1) is 0 Å². The van der Waals surface area contributed by atoms with Crippen LogP contribution in [0.25, 0.3) is 6.08 Å². The Morgan fingerprint density at radius 1 is 1.31 bits per heavy atom. The van der Waals surface area contributed by atoms with Gasteiger partial charge in [0.05, 0.1) is 7.11 Å². The lowest BCUT2D eigenvalue weighted by Gasteiger charge is -2.09. The van der Waals surface area contributed by atoms with Crippen molar-refractivity contribution >= 4 is 11.9 Å². The lowest BCUT2D eigenvalue weighted by atomic mass is 10.1. The molecule has 8 nitrogen and oxygen atoms in total. The van der Waals surface area contributed by atoms with Gasteiger partial charge in [-0.1, -0.05) is 25.5 Å². The lowest BCUT2D eigenvalue weighted by Crippen LogP contribution is -2.33. The Morgan fingerprint density at radius 2 is 2.04 bits per heavy atom. The Bertz CT molecular complexity index is 955. The number of methoxy groups -OCH3 is 1. The van der Waals surface area contributed by atoms with Gasteiger partial charge in [0.1, 0.15) is 5.56 Å². The summed E-state index contributed by atoms with van der Waals surface area (Å²) in [6.07, 6.45) is 3.89. The zero-order valence-electron chi connectivity index (χ0n) is 14.5. The topological polar surface area (TPSA) is 122 Å². The average Bonchev–Trinajstić information content (AvgIpc) is 2.60. The molecule has 0 saturated carbocycles. The first-order valence-corrected chi connectivity index (χ1v) is 8.04. The number of nitrogens with zero attached hydrogens (tertiary/aromatic N) is 1. The quantitative estimate of drug-likeness (QED) is 0.510. The molecule has 0 atom stereocenters. The number of phenolic OH excluding ortho intramolecular Hbond substituents is 1. The van der Waals surface area contributed by atoms with Crippen molar-refractivity contribution in [2.45, 2.75) is 26.3 Å². The van der Waals surface area contributed by atoms with Gasteiger partial charge in [-0.2, -0.15) is 0 Å². The number of nitrogens with one attached hydrogen (secondary N) is 1. The number of aromatic amines is 1. The molecule has 1 aromatic heterocycles. The summed E-state index contributed by atoms with van der Waals surface area (Å²) in [4.78, 5) is 38.2. The van der Waals surface area contributed by atoms with E-state index in [0.717, 1.165) is 17.1 Å². The SMILES string of the molecule is CCCCn1c(O)c(C(=O)C=Cc2ccc(O)c(OC)c2)c(=O)[nH]c1=O. The van der Waals surface area contributed by atoms with Crippen LogP contribution in [0.2, 0.25) is 0 Å². The second kappa shape index (κ2) is 8.19. The molecule has 0 spiro atoms. The molecule has 0 amide bonds. The highest BCUT2D eigenvalue weighted by molar-refractivity contribution is 6.08. The molecule has 1 heterocycles. The summed E-state index contributed by atoms with van der Waals surface area (Å²) in [6.45, 7) is 2.10. The van der Waals surface area contributed by atoms with Crippen molar-refractivity contribution in [3.8, 4) is 17.4 Å². The van der Waals surface area contributed by atoms with Crippen molar-refractivity contribution < 1.29 is 19.7 Å². The number of carbonyl (C=O) groups excluding carboxylic acids is 1. The largest absolute Gasteiger partial charge is 0.504 e. The van der Waals surface area contributed by atoms with Gasteiger partial charge in [-0.05, 0) is 30.2 Å². The van der Waals surface area contributed by atoms with Crippen LogP contribution in [-0.2, 0) is 6.54 Å². The van der Waals surface area contributed by atoms with Crippen LogP contribution in [0.1, 0.15) is 35.7 Å². The Labute approximate surface area is 149 Å². The smallest absolute Gasteiger partial charge is 0.331 e. The van der Waals surface area contributed by atoms with Gasteiger partial charge in [0, 0.05) is 6.54 Å². The number of rotatable bonds is 7. The van der Waals surface area contributed by atoms with Crippen molar-refractivity contribution in [1.82, 2.24) is 9.55 Å². The van der Waals surface area contributed by atoms with Gasteiger partial charge in [-0.3, -0.25) is 19.1 Å². The number of ether oxygens (including phenoxy) is 1. The summed E-state index contributed by atoms with van der Waals surface area (Å²) in [5, 5.41) is 19.8. The number of ketones is 1. The average molecular weight is 360 g/mol. The maximum absolute atomic E-state index is 12.4. The van der Waals surface area contributed by atoms with Gasteiger partial charge in [0.2, 0.25) is 5.88 Å². The Balaban J connectivity index is 2.38. The van der Waals surface area contributed by atoms with Crippen molar-refractivity contribution in [3.05, 3.63) is 56.2 Å². The predicted octanol–water partition coefficient (Wildman–Crippen LogP) is 1.65. The zero-order chi connectivity index (χ0) is 19.3. The molecule has 2 aromatic rings. The highest BCUT2D eigenvalue weighted by Gasteiger charge is 2.19. The Morgan fingerprint density at radius 3 is 2.69 bits per heavy atom. The summed E-state index contributed by atoms with van der Waals surface area (Å²) < 4.78 is 5.95. The molecule has 0 aliphatic heterocycles. The molecule has 8 heteroatoms. The minimum atomic E-state index is -0.946. The molecule has 0 saturated heterocycles. The summed E-state index contributed by atoms with van der Waals surface area (Å²) in [7, 11) is 1.39. The van der Waals surface area contributed by atoms with Gasteiger partial charge in [-0.15, -0.1) is 0 Å². The summed E-state index contributed by atoms with van der Waals surface area (Å²) >= 11 is 0. The van der Waals surface area contributed by atoms with Gasteiger partial charge in [0.15, 0.2) is 17.3 Å². The number of unbranched alkanes of at least 4 members (excludes halogenated alkanes) is 1. The first-order valence-electron chi connectivity index (χ1n) is 8.04. The third-order valence-electron chi connectivity index (χ3n) is 3.78. The molecule has 0 unspecified atom stereocenters. The standard InChI is InChI=1S/C18H20N2O6/c1-3-4-9-20-17(24)15(16(23)19-18(20)25)13(22)8-6-11-5-7-12(21)14(10-11)26-2/h5-8,10,21,24H,3-4,9H2,1-2H3,(H,19,23,25). The monoisotopic (exact) mass is 360 g/mol. The van der Waals surface area contributed by atoms with Gasteiger partial charge >= 0.3 is 5.69 Å². The summed E-state index contributed by atoms with van der Waals surface area (Å²) in [5.41, 5.74) is -1.66. The second-order valence-electron chi connectivity index (χ2n) is 5.59. The first-order chi connectivity index (χ1) is 12.4. The molecule has 138 valence electrons. The van der Waals surface area contributed by atoms with E-state index in [9.17, 15) is 24.6 Å². The molecule has 1 aromatic carbocycles. The fourth-order valence-electron chi connectivity index (χ4n) is 2.36. The zero-order valence-corrected chi connectivity index (χ0v) is 14.5. The number of aromatic hydroxyl groups is 2. The number of carbonyl (C=O) groups is 1. The van der Waals surface area contributed by atoms with Crippen molar-refractivity contribution in [2.75, 3.05) is 7.11 Å². The van der Waals surface area contributed by atoms with E-state index in [4.69, 9.17) is 4.74 Å². The molecule has 2 rings (SSSR count). The normalized spacial score (nSPS) is 11.0. The summed E-state index contributed by atoms with van der Waals surface area (Å²) in [5.74, 6) is -1.22. The van der Waals surface area contributed by atoms with E-state index in [2.05, 4.69) is 0 Å². The highest BCUT2D eigenvalue weighted by atomic mass is 16.5. The fraction of sp³-hybridized carbons (Fsp3) is 0.278. The maximum atomic E-state index is 12.4. The molecule has 3 N–H and O–H groups in total. The van der Waals surface area contributed by atoms with Gasteiger partial charge in [0.25, 0.3) is 5.56 Å². The van der Waals surface area contributed by atoms with Crippen LogP contribution < -0.4 is 16.0 Å². The van der Waals surface area contributed by atoms with E-state index in [1.54, 1.807) is 6.07 Å². The number of aromatic nitrogens is 2. The van der Waals surface area contributed by atoms with Crippen LogP contribution in [-0.4, -0.2) is 32.7 Å². The van der Waals surface area contributed by atoms with E-state index in [1.165, 1.54) is 25.3 Å². The molecular weight excluding hydrogens is 340 g/mol. The second-order valence-corrected chi connectivity index (χ2v) is 5.59. The molecule has 0 bridgehead atoms. The van der Waals surface area contributed by atoms with Crippen LogP contribution in [0.4, 0.5) is 0 Å². The van der Waals surface area contributed by atoms with E-state index >= 15 is 0 Å². The van der Waals surface area contributed by atoms with Crippen molar-refractivity contribution in [1.29, 1.82) is 0 Å². The van der Waals surface area contributed by atoms with Gasteiger partial charge in [-0.25, -0.2) is 4.79 Å². The molecule has 0 fully saturated rings. The number of hydrogen-bond acceptors (Lipinski definition) is 6. The molecule has 0 aliphatic rings. The molecular formula is C18H20N2O6. The van der Waals surface area contributed by atoms with E-state index < -0.39 is 28.5 Å². The highest BCUT2D eigenvalue weighted by Crippen LogP contribution is 2.26. The predicted molar refractivity (Wildman–Crippen MR) is 95.9 cm³/mol. The van der Waals surface area contributed by atoms with Crippen molar-refractivity contribution in [3.63, 3.8) is 0 Å². The molecule has 26 heavy (non-hydrogen) atoms. The van der Waals surface area contributed by atoms with Crippen LogP contribution in [0.3, 0.4) is 0 Å². The van der Waals surface area contributed by atoms with Crippen molar-refractivity contribution in [2.24, 2.45) is 0 Å². The molecule has 0 aliphatic carbocycles. The molecule has 0 radical (unpaired) electrons. The van der Waals surface area contributed by atoms with E-state index in [1.807, 2.05) is 11.9 Å². The van der Waals surface area contributed by atoms with E-state index in [0.29, 0.717) is 12.0 Å². The van der Waals surface area contributed by atoms with Crippen LogP contribution in [0.15, 0.2) is 33.9 Å². The number of allylic oxidation sites excluding steroid dienone is 1. The Kier molecular flexibility index (Phi) is 6.00. The number of benzene rings is 1. The third kappa shape index (κ3) is 4.02. The Hall–Kier alpha value is -3.29. The minimum absolute atomic E-state index is 0.0481.